The molecule has 1 amide bonds. The van der Waals surface area contributed by atoms with Crippen LogP contribution in [0.5, 0.6) is 0 Å². The van der Waals surface area contributed by atoms with Crippen LogP contribution in [-0.4, -0.2) is 64.6 Å². The second-order valence-corrected chi connectivity index (χ2v) is 9.68. The van der Waals surface area contributed by atoms with Crippen LogP contribution in [0.15, 0.2) is 53.8 Å². The highest BCUT2D eigenvalue weighted by Crippen LogP contribution is 2.25. The Hall–Kier alpha value is -3.55. The van der Waals surface area contributed by atoms with Gasteiger partial charge in [-0.15, -0.1) is 10.3 Å². The number of terminal acetylenes is 1. The molecule has 1 aromatic carbocycles. The molecule has 3 aromatic rings. The number of rotatable bonds is 5. The summed E-state index contributed by atoms with van der Waals surface area (Å²) in [4.78, 5) is 21.3. The summed E-state index contributed by atoms with van der Waals surface area (Å²) >= 11 is 0. The monoisotopic (exact) mass is 481 g/mol. The number of benzene rings is 1. The zero-order valence-electron chi connectivity index (χ0n) is 18.8. The third-order valence-corrected chi connectivity index (χ3v) is 6.61. The molecule has 1 atom stereocenters. The molecule has 34 heavy (non-hydrogen) atoms. The maximum Gasteiger partial charge on any atom is 0.332 e. The topological polar surface area (TPSA) is 88.4 Å². The van der Waals surface area contributed by atoms with E-state index in [9.17, 15) is 17.1 Å². The van der Waals surface area contributed by atoms with E-state index in [2.05, 4.69) is 20.9 Å². The molecule has 1 fully saturated rings. The number of hydrogen-bond acceptors (Lipinski definition) is 6. The first-order valence-electron chi connectivity index (χ1n) is 10.7. The van der Waals surface area contributed by atoms with E-state index in [0.717, 1.165) is 11.6 Å². The first-order valence-corrected chi connectivity index (χ1v) is 12.1. The maximum absolute atomic E-state index is 13.6. The molecule has 10 heteroatoms. The van der Waals surface area contributed by atoms with Crippen molar-refractivity contribution >= 4 is 16.1 Å². The van der Waals surface area contributed by atoms with Gasteiger partial charge in [-0.05, 0) is 42.8 Å². The van der Waals surface area contributed by atoms with Crippen LogP contribution < -0.4 is 0 Å². The minimum Gasteiger partial charge on any atom is -0.333 e. The smallest absolute Gasteiger partial charge is 0.332 e. The van der Waals surface area contributed by atoms with E-state index in [1.54, 1.807) is 42.3 Å². The molecule has 0 spiro atoms. The second-order valence-electron chi connectivity index (χ2n) is 8.33. The van der Waals surface area contributed by atoms with Crippen LogP contribution in [0.3, 0.4) is 0 Å². The van der Waals surface area contributed by atoms with Gasteiger partial charge in [-0.1, -0.05) is 5.92 Å². The van der Waals surface area contributed by atoms with Crippen molar-refractivity contribution in [3.8, 4) is 23.6 Å². The van der Waals surface area contributed by atoms with Gasteiger partial charge in [0, 0.05) is 62.8 Å². The predicted molar refractivity (Wildman–Crippen MR) is 125 cm³/mol. The highest BCUT2D eigenvalue weighted by atomic mass is 32.3. The van der Waals surface area contributed by atoms with Gasteiger partial charge in [-0.25, -0.2) is 0 Å². The van der Waals surface area contributed by atoms with Crippen molar-refractivity contribution in [3.05, 3.63) is 65.6 Å². The van der Waals surface area contributed by atoms with Crippen molar-refractivity contribution < 1.29 is 17.1 Å². The SMILES string of the molecule is C#Cc1cc(CN2CCN(C(=O)c3cccnc3-c3cnn(C)c3)[C@H](C)C2)cc(S(=O)(=O)F)c1. The molecule has 3 heterocycles. The van der Waals surface area contributed by atoms with Gasteiger partial charge in [-0.3, -0.25) is 19.4 Å². The molecule has 0 bridgehead atoms. The standard InChI is InChI=1S/C24H24FN5O3S/c1-4-18-10-19(12-21(11-18)34(25,32)33)15-29-8-9-30(17(2)14-29)24(31)22-6-5-7-26-23(22)20-13-27-28(3)16-20/h1,5-7,10-13,16-17H,8-9,14-15H2,2-3H3/t17-/m1/s1. The summed E-state index contributed by atoms with van der Waals surface area (Å²) in [5.74, 6) is 2.26. The van der Waals surface area contributed by atoms with E-state index in [0.29, 0.717) is 48.6 Å². The highest BCUT2D eigenvalue weighted by Gasteiger charge is 2.30. The largest absolute Gasteiger partial charge is 0.333 e. The van der Waals surface area contributed by atoms with Crippen molar-refractivity contribution in [1.82, 2.24) is 24.6 Å². The van der Waals surface area contributed by atoms with E-state index in [1.807, 2.05) is 18.0 Å². The third-order valence-electron chi connectivity index (χ3n) is 5.81. The number of aromatic nitrogens is 3. The van der Waals surface area contributed by atoms with E-state index in [1.165, 1.54) is 6.07 Å². The molecule has 1 aliphatic heterocycles. The van der Waals surface area contributed by atoms with E-state index >= 15 is 0 Å². The van der Waals surface area contributed by atoms with E-state index < -0.39 is 15.1 Å². The molecule has 0 N–H and O–H groups in total. The number of amides is 1. The van der Waals surface area contributed by atoms with Gasteiger partial charge in [0.15, 0.2) is 0 Å². The van der Waals surface area contributed by atoms with Crippen LogP contribution in [0.2, 0.25) is 0 Å². The first-order chi connectivity index (χ1) is 16.2. The Balaban J connectivity index is 1.50. The fraction of sp³-hybridized carbons (Fsp3) is 0.292. The Morgan fingerprint density at radius 3 is 2.74 bits per heavy atom. The normalized spacial score (nSPS) is 16.9. The summed E-state index contributed by atoms with van der Waals surface area (Å²) in [5, 5.41) is 4.18. The summed E-state index contributed by atoms with van der Waals surface area (Å²) in [6, 6.07) is 7.51. The molecule has 0 radical (unpaired) electrons. The van der Waals surface area contributed by atoms with Crippen molar-refractivity contribution in [3.63, 3.8) is 0 Å². The van der Waals surface area contributed by atoms with Crippen LogP contribution >= 0.6 is 0 Å². The molecule has 4 rings (SSSR count). The zero-order chi connectivity index (χ0) is 24.5. The molecule has 0 saturated carbocycles. The van der Waals surface area contributed by atoms with Crippen LogP contribution in [-0.2, 0) is 23.8 Å². The Morgan fingerprint density at radius 2 is 2.09 bits per heavy atom. The lowest BCUT2D eigenvalue weighted by Crippen LogP contribution is -2.53. The van der Waals surface area contributed by atoms with Gasteiger partial charge < -0.3 is 4.90 Å². The average Bonchev–Trinajstić information content (AvgIpc) is 3.24. The molecule has 2 aromatic heterocycles. The number of nitrogens with zero attached hydrogens (tertiary/aromatic N) is 5. The maximum atomic E-state index is 13.6. The van der Waals surface area contributed by atoms with Crippen molar-refractivity contribution in [2.45, 2.75) is 24.4 Å². The second kappa shape index (κ2) is 9.37. The fourth-order valence-corrected chi connectivity index (χ4v) is 4.78. The summed E-state index contributed by atoms with van der Waals surface area (Å²) in [5.41, 5.74) is 2.77. The highest BCUT2D eigenvalue weighted by molar-refractivity contribution is 7.86. The Kier molecular flexibility index (Phi) is 6.50. The Labute approximate surface area is 198 Å². The average molecular weight is 482 g/mol. The summed E-state index contributed by atoms with van der Waals surface area (Å²) < 4.78 is 38.0. The molecule has 8 nitrogen and oxygen atoms in total. The lowest BCUT2D eigenvalue weighted by molar-refractivity contribution is 0.0476. The molecule has 0 unspecified atom stereocenters. The lowest BCUT2D eigenvalue weighted by atomic mass is 10.1. The fourth-order valence-electron chi connectivity index (χ4n) is 4.22. The lowest BCUT2D eigenvalue weighted by Gasteiger charge is -2.40. The van der Waals surface area contributed by atoms with E-state index in [4.69, 9.17) is 6.42 Å². The molecular weight excluding hydrogens is 457 g/mol. The molecule has 1 saturated heterocycles. The van der Waals surface area contributed by atoms with Gasteiger partial charge in [0.2, 0.25) is 0 Å². The Bertz CT molecular complexity index is 1380. The minimum atomic E-state index is -4.86. The van der Waals surface area contributed by atoms with Crippen LogP contribution in [0.4, 0.5) is 3.89 Å². The molecule has 0 aliphatic carbocycles. The van der Waals surface area contributed by atoms with Crippen LogP contribution in [0, 0.1) is 12.3 Å². The number of piperazine rings is 1. The number of halogens is 1. The van der Waals surface area contributed by atoms with Gasteiger partial charge in [-0.2, -0.15) is 13.5 Å². The minimum absolute atomic E-state index is 0.108. The zero-order valence-corrected chi connectivity index (χ0v) is 19.7. The molecule has 1 aliphatic rings. The van der Waals surface area contributed by atoms with Crippen molar-refractivity contribution in [2.75, 3.05) is 19.6 Å². The predicted octanol–water partition coefficient (Wildman–Crippen LogP) is 2.47. The van der Waals surface area contributed by atoms with Crippen molar-refractivity contribution in [2.24, 2.45) is 7.05 Å². The number of carbonyl (C=O) groups excluding carboxylic acids is 1. The van der Waals surface area contributed by atoms with Gasteiger partial charge in [0.1, 0.15) is 4.90 Å². The third kappa shape index (κ3) is 5.00. The first kappa shape index (κ1) is 23.6. The van der Waals surface area contributed by atoms with Crippen LogP contribution in [0.25, 0.3) is 11.3 Å². The molecule has 176 valence electrons. The molecular formula is C24H24FN5O3S. The van der Waals surface area contributed by atoms with Gasteiger partial charge >= 0.3 is 10.2 Å². The number of hydrogen-bond donors (Lipinski definition) is 0. The summed E-state index contributed by atoms with van der Waals surface area (Å²) in [7, 11) is -3.06. The summed E-state index contributed by atoms with van der Waals surface area (Å²) in [6.07, 6.45) is 10.6. The summed E-state index contributed by atoms with van der Waals surface area (Å²) in [6.45, 7) is 3.95. The number of carbonyl (C=O) groups is 1. The Morgan fingerprint density at radius 1 is 1.29 bits per heavy atom. The van der Waals surface area contributed by atoms with Crippen molar-refractivity contribution in [1.29, 1.82) is 0 Å². The van der Waals surface area contributed by atoms with Crippen LogP contribution in [0.1, 0.15) is 28.4 Å². The van der Waals surface area contributed by atoms with Gasteiger partial charge in [0.25, 0.3) is 5.91 Å². The van der Waals surface area contributed by atoms with Gasteiger partial charge in [0.05, 0.1) is 17.5 Å². The quantitative estimate of drug-likeness (QED) is 0.411. The van der Waals surface area contributed by atoms with E-state index in [-0.39, 0.29) is 11.9 Å². The number of pyridine rings is 1. The number of aryl methyl sites for hydroxylation is 1.